The van der Waals surface area contributed by atoms with E-state index in [2.05, 4.69) is 95.6 Å². The van der Waals surface area contributed by atoms with E-state index in [1.807, 2.05) is 60.7 Å². The van der Waals surface area contributed by atoms with Crippen LogP contribution in [0.5, 0.6) is 5.75 Å². The van der Waals surface area contributed by atoms with E-state index in [0.717, 1.165) is 57.0 Å². The van der Waals surface area contributed by atoms with Crippen LogP contribution in [-0.2, 0) is 119 Å². The van der Waals surface area contributed by atoms with E-state index in [4.69, 9.17) is 61.7 Å². The summed E-state index contributed by atoms with van der Waals surface area (Å²) in [6, 6.07) is 30.7. The fourth-order valence-electron chi connectivity index (χ4n) is 12.7. The van der Waals surface area contributed by atoms with Crippen LogP contribution in [0.15, 0.2) is 150 Å². The minimum Gasteiger partial charge on any atom is -0.748 e. The molecule has 4 aromatic rings. The Morgan fingerprint density at radius 2 is 1.26 bits per heavy atom. The normalized spacial score (nSPS) is 15.6. The molecule has 0 saturated carbocycles. The van der Waals surface area contributed by atoms with Crippen molar-refractivity contribution in [1.29, 1.82) is 0 Å². The van der Waals surface area contributed by atoms with Crippen LogP contribution < -0.4 is 25.6 Å². The van der Waals surface area contributed by atoms with Crippen LogP contribution in [0.3, 0.4) is 0 Å². The number of carboxylic acid groups (broad SMARTS) is 2. The SMILES string of the molecule is CCNC(=O)N[C@@](C)(CCC(=O)CCCOCCOCCC(=O)N[C@@H](Cc1ccccc1)C(=O)C[C@@H](Cc1ccc(OC2=C(C=CC3=[N+](CCCCS(=O)(=O)O)c4ccccc4C3(C)C)CCCC2=CC=C2N(CCCCS(=O)(=O)[O-])c3ccccc3C2(C)C)cc1)C(=O)O)C(=O)O.O=C=O.O=S(=O)=O.O=S(=O)=O.O=S(=O)=O. The minimum absolute atomic E-state index is 0.00327. The molecule has 618 valence electrons. The summed E-state index contributed by atoms with van der Waals surface area (Å²) in [5.74, 6) is -4.40. The molecule has 3 aliphatic rings. The number of carboxylic acids is 2. The number of anilines is 1. The number of ketones is 2. The van der Waals surface area contributed by atoms with Crippen LogP contribution in [0.25, 0.3) is 0 Å². The van der Waals surface area contributed by atoms with Gasteiger partial charge in [0.2, 0.25) is 11.6 Å². The van der Waals surface area contributed by atoms with E-state index in [9.17, 15) is 64.9 Å². The van der Waals surface area contributed by atoms with Gasteiger partial charge in [0.15, 0.2) is 11.5 Å². The summed E-state index contributed by atoms with van der Waals surface area (Å²) >= 11 is 0. The van der Waals surface area contributed by atoms with Gasteiger partial charge in [0.1, 0.15) is 29.4 Å². The highest BCUT2D eigenvalue weighted by molar-refractivity contribution is 7.86. The number of Topliss-reactive ketones (excluding diaryl/α,β-unsaturated/α-hetero) is 2. The van der Waals surface area contributed by atoms with Gasteiger partial charge in [-0.2, -0.15) is 22.6 Å². The number of ether oxygens (including phenoxy) is 3. The van der Waals surface area contributed by atoms with Crippen molar-refractivity contribution < 1.29 is 131 Å². The zero-order valence-electron chi connectivity index (χ0n) is 63.2. The second kappa shape index (κ2) is 48.2. The van der Waals surface area contributed by atoms with Crippen molar-refractivity contribution in [2.75, 3.05) is 62.5 Å². The predicted octanol–water partition coefficient (Wildman–Crippen LogP) is 6.79. The van der Waals surface area contributed by atoms with Gasteiger partial charge in [0.05, 0.1) is 53.1 Å². The topological polar surface area (TPSA) is 512 Å². The summed E-state index contributed by atoms with van der Waals surface area (Å²) in [6.07, 6.45) is 12.2. The summed E-state index contributed by atoms with van der Waals surface area (Å²) in [5, 5.41) is 28.0. The molecule has 0 bridgehead atoms. The number of carbonyl (C=O) groups is 6. The summed E-state index contributed by atoms with van der Waals surface area (Å²) in [7, 11) is -17.9. The Morgan fingerprint density at radius 1 is 0.681 bits per heavy atom. The number of carbonyl (C=O) groups excluding carboxylic acids is 6. The van der Waals surface area contributed by atoms with Crippen LogP contribution in [0, 0.1) is 5.92 Å². The third-order valence-corrected chi connectivity index (χ3v) is 19.7. The minimum atomic E-state index is -4.39. The van der Waals surface area contributed by atoms with Gasteiger partial charge in [-0.25, -0.2) is 18.0 Å². The second-order valence-corrected chi connectivity index (χ2v) is 31.4. The first-order chi connectivity index (χ1) is 53.1. The Hall–Kier alpha value is -9.89. The zero-order valence-corrected chi connectivity index (χ0v) is 67.3. The molecule has 3 atom stereocenters. The van der Waals surface area contributed by atoms with Gasteiger partial charge < -0.3 is 49.8 Å². The van der Waals surface area contributed by atoms with E-state index >= 15 is 0 Å². The maximum absolute atomic E-state index is 14.2. The molecule has 3 amide bonds. The number of amides is 3. The maximum atomic E-state index is 14.2. The van der Waals surface area contributed by atoms with Gasteiger partial charge in [-0.3, -0.25) is 23.7 Å². The lowest BCUT2D eigenvalue weighted by Crippen LogP contribution is -2.55. The molecule has 38 heteroatoms. The summed E-state index contributed by atoms with van der Waals surface area (Å²) in [5.41, 5.74) is 6.87. The van der Waals surface area contributed by atoms with Crippen molar-refractivity contribution in [3.05, 3.63) is 172 Å². The first-order valence-corrected chi connectivity index (χ1v) is 41.7. The average molecular weight is 1670 g/mol. The van der Waals surface area contributed by atoms with Crippen LogP contribution >= 0.6 is 0 Å². The number of fused-ring (bicyclic) bond motifs is 2. The first-order valence-electron chi connectivity index (χ1n) is 35.6. The fraction of sp³-hybridized carbons (Fsp3) is 0.467. The lowest BCUT2D eigenvalue weighted by atomic mass is 9.81. The summed E-state index contributed by atoms with van der Waals surface area (Å²) in [4.78, 5) is 95.4. The lowest BCUT2D eigenvalue weighted by Gasteiger charge is -2.28. The second-order valence-electron chi connectivity index (χ2n) is 27.1. The van der Waals surface area contributed by atoms with Gasteiger partial charge in [0, 0.05) is 92.1 Å². The average Bonchev–Trinajstić information content (AvgIpc) is 1.62. The number of aliphatic carboxylic acids is 2. The van der Waals surface area contributed by atoms with Crippen LogP contribution in [-0.4, -0.2) is 195 Å². The number of urea groups is 1. The number of hydrogen-bond donors (Lipinski definition) is 6. The van der Waals surface area contributed by atoms with E-state index in [-0.39, 0.29) is 102 Å². The Bertz CT molecular complexity index is 4670. The molecule has 0 spiro atoms. The van der Waals surface area contributed by atoms with Crippen LogP contribution in [0.2, 0.25) is 0 Å². The molecule has 33 nitrogen and oxygen atoms in total. The number of allylic oxidation sites excluding steroid dienone is 7. The monoisotopic (exact) mass is 1670 g/mol. The highest BCUT2D eigenvalue weighted by Gasteiger charge is 2.45. The molecule has 0 unspecified atom stereocenters. The molecule has 2 heterocycles. The molecule has 113 heavy (non-hydrogen) atoms. The van der Waals surface area contributed by atoms with Gasteiger partial charge in [-0.15, -0.1) is 37.9 Å². The number of nitrogens with zero attached hydrogens (tertiary/aromatic N) is 2. The number of rotatable bonds is 40. The van der Waals surface area contributed by atoms with E-state index in [0.29, 0.717) is 68.8 Å². The van der Waals surface area contributed by atoms with E-state index < -0.39 is 116 Å². The lowest BCUT2D eigenvalue weighted by molar-refractivity contribution is -0.438. The van der Waals surface area contributed by atoms with Crippen molar-refractivity contribution in [3.8, 4) is 5.75 Å². The molecule has 4 aromatic carbocycles. The molecule has 1 aliphatic carbocycles. The molecule has 2 aliphatic heterocycles. The molecule has 6 N–H and O–H groups in total. The van der Waals surface area contributed by atoms with Crippen LogP contribution in [0.4, 0.5) is 16.2 Å². The van der Waals surface area contributed by atoms with E-state index in [1.165, 1.54) is 6.92 Å². The standard InChI is InChI=1S/C74H95N5O17S2.CO2.3O3S/c1-7-75-71(87)77-74(6,70(85)86)40-38-57(80)25-20-43-94-45-46-95-44-39-67(82)76-61(50-52-21-9-8-10-22-52)64(81)51-56(69(83)84)49-53-30-34-58(35-31-53)96-68-54(32-36-65-72(2,3)59-26-11-13-28-62(59)78(65)41-15-17-47-97(88,89)90)23-19-24-55(68)33-37-66-73(4,5)60-27-12-14-29-63(60)79(66)42-16-18-48-98(91,92)93;2-1-3;3*1-4(2)3/h8-14,21-22,26-37,56,61H,7,15-20,23-25,38-51H2,1-6H3,(H6-,75,76,77,82,83,84,85,86,87,88,89,90,91,92,93);;;;/t56-,61+,74+;;;;/m1..../s1. The Balaban J connectivity index is 0.00000202. The molecule has 0 radical (unpaired) electrons. The summed E-state index contributed by atoms with van der Waals surface area (Å²) in [6.45, 7) is 13.5. The highest BCUT2D eigenvalue weighted by Crippen LogP contribution is 2.48. The third-order valence-electron chi connectivity index (χ3n) is 18.1. The van der Waals surface area contributed by atoms with E-state index in [1.54, 1.807) is 31.2 Å². The Kier molecular flexibility index (Phi) is 41.5. The van der Waals surface area contributed by atoms with Gasteiger partial charge in [0.25, 0.3) is 10.1 Å². The largest absolute Gasteiger partial charge is 0.748 e. The maximum Gasteiger partial charge on any atom is 0.425 e. The van der Waals surface area contributed by atoms with Crippen molar-refractivity contribution in [2.24, 2.45) is 5.92 Å². The molecule has 0 aromatic heterocycles. The smallest absolute Gasteiger partial charge is 0.425 e. The highest BCUT2D eigenvalue weighted by atomic mass is 32.2. The van der Waals surface area contributed by atoms with Crippen LogP contribution in [0.1, 0.15) is 147 Å². The number of hydrogen-bond acceptors (Lipinski definition) is 26. The van der Waals surface area contributed by atoms with Crippen molar-refractivity contribution in [2.45, 2.75) is 160 Å². The molecule has 7 rings (SSSR count). The Labute approximate surface area is 660 Å². The van der Waals surface area contributed by atoms with Crippen molar-refractivity contribution >= 4 is 111 Å². The fourth-order valence-corrected chi connectivity index (χ4v) is 13.8. The first kappa shape index (κ1) is 97.3. The number of para-hydroxylation sites is 2. The Morgan fingerprint density at radius 3 is 1.85 bits per heavy atom. The predicted molar refractivity (Wildman–Crippen MR) is 407 cm³/mol. The molecular weight excluding hydrogens is 1580 g/mol. The van der Waals surface area contributed by atoms with Crippen molar-refractivity contribution in [3.63, 3.8) is 0 Å². The number of benzene rings is 4. The van der Waals surface area contributed by atoms with Gasteiger partial charge in [-0.05, 0) is 150 Å². The zero-order chi connectivity index (χ0) is 84.7. The number of nitrogens with one attached hydrogen (secondary N) is 3. The van der Waals surface area contributed by atoms with Gasteiger partial charge >= 0.3 is 55.9 Å². The molecule has 0 saturated heterocycles. The summed E-state index contributed by atoms with van der Waals surface area (Å²) < 4.78 is 164. The van der Waals surface area contributed by atoms with Crippen molar-refractivity contribution in [1.82, 2.24) is 16.0 Å². The third kappa shape index (κ3) is 35.4. The quantitative estimate of drug-likeness (QED) is 0.0152. The number of unbranched alkanes of at least 4 members (excludes halogenated alkanes) is 2. The molecule has 0 fully saturated rings. The molecular formula is C75H95N5O28S5. The van der Waals surface area contributed by atoms with Gasteiger partial charge in [-0.1, -0.05) is 98.8 Å².